The van der Waals surface area contributed by atoms with Crippen molar-refractivity contribution in [3.63, 3.8) is 0 Å². The second-order valence-electron chi connectivity index (χ2n) is 9.60. The molecule has 0 unspecified atom stereocenters. The molecule has 2 aromatic heterocycles. The molecular weight excluding hydrogens is 454 g/mol. The molecule has 2 heterocycles. The zero-order valence-corrected chi connectivity index (χ0v) is 21.4. The van der Waals surface area contributed by atoms with Gasteiger partial charge in [0.2, 0.25) is 0 Å². The molecule has 0 spiro atoms. The minimum absolute atomic E-state index is 0.170. The molecule has 0 bridgehead atoms. The minimum Gasteiger partial charge on any atom is -0.493 e. The number of carbonyl (C=O) groups is 1. The van der Waals surface area contributed by atoms with Gasteiger partial charge in [0, 0.05) is 36.0 Å². The molecule has 0 radical (unpaired) electrons. The van der Waals surface area contributed by atoms with E-state index in [4.69, 9.17) is 20.2 Å². The van der Waals surface area contributed by atoms with E-state index in [-0.39, 0.29) is 11.4 Å². The van der Waals surface area contributed by atoms with Crippen LogP contribution in [0.4, 0.5) is 5.82 Å². The van der Waals surface area contributed by atoms with Gasteiger partial charge in [0.25, 0.3) is 5.91 Å². The largest absolute Gasteiger partial charge is 0.493 e. The van der Waals surface area contributed by atoms with Crippen molar-refractivity contribution in [3.8, 4) is 22.8 Å². The van der Waals surface area contributed by atoms with Crippen molar-refractivity contribution in [1.29, 1.82) is 0 Å². The lowest BCUT2D eigenvalue weighted by Crippen LogP contribution is -2.27. The van der Waals surface area contributed by atoms with Crippen molar-refractivity contribution in [1.82, 2.24) is 14.7 Å². The van der Waals surface area contributed by atoms with Crippen LogP contribution in [0.2, 0.25) is 0 Å². The van der Waals surface area contributed by atoms with Crippen molar-refractivity contribution < 1.29 is 14.3 Å². The van der Waals surface area contributed by atoms with E-state index in [9.17, 15) is 4.79 Å². The van der Waals surface area contributed by atoms with Crippen molar-refractivity contribution in [2.24, 2.45) is 5.73 Å². The summed E-state index contributed by atoms with van der Waals surface area (Å²) in [4.78, 5) is 17.8. The van der Waals surface area contributed by atoms with Crippen LogP contribution >= 0.6 is 0 Å². The zero-order chi connectivity index (χ0) is 25.9. The number of nitrogens with one attached hydrogen (secondary N) is 2. The molecule has 188 valence electrons. The average Bonchev–Trinajstić information content (AvgIpc) is 3.22. The van der Waals surface area contributed by atoms with Crippen LogP contribution in [0.5, 0.6) is 11.5 Å². The van der Waals surface area contributed by atoms with E-state index >= 15 is 0 Å². The third kappa shape index (κ3) is 5.44. The Hall–Kier alpha value is -4.04. The molecule has 0 aliphatic heterocycles. The van der Waals surface area contributed by atoms with Gasteiger partial charge in [-0.1, -0.05) is 24.3 Å². The highest BCUT2D eigenvalue weighted by atomic mass is 16.5. The van der Waals surface area contributed by atoms with Gasteiger partial charge in [-0.25, -0.2) is 4.98 Å². The summed E-state index contributed by atoms with van der Waals surface area (Å²) in [6.07, 6.45) is 1.87. The van der Waals surface area contributed by atoms with E-state index in [1.165, 1.54) is 0 Å². The Bertz CT molecular complexity index is 1390. The number of carbonyl (C=O) groups excluding carboxylic acids is 1. The maximum atomic E-state index is 12.9. The lowest BCUT2D eigenvalue weighted by molar-refractivity contribution is 0.0951. The lowest BCUT2D eigenvalue weighted by Gasteiger charge is -2.22. The van der Waals surface area contributed by atoms with Crippen LogP contribution in [0, 0.1) is 0 Å². The Morgan fingerprint density at radius 2 is 1.75 bits per heavy atom. The highest BCUT2D eigenvalue weighted by Crippen LogP contribution is 2.36. The Morgan fingerprint density at radius 1 is 1.00 bits per heavy atom. The average molecular weight is 488 g/mol. The number of pyridine rings is 1. The number of benzene rings is 2. The molecule has 1 amide bonds. The molecule has 0 saturated carbocycles. The fraction of sp³-hybridized carbons (Fsp3) is 0.286. The van der Waals surface area contributed by atoms with E-state index in [0.29, 0.717) is 35.8 Å². The number of fused-ring (bicyclic) bond motifs is 1. The predicted molar refractivity (Wildman–Crippen MR) is 143 cm³/mol. The van der Waals surface area contributed by atoms with Gasteiger partial charge < -0.3 is 25.8 Å². The van der Waals surface area contributed by atoms with Crippen LogP contribution in [0.25, 0.3) is 16.9 Å². The summed E-state index contributed by atoms with van der Waals surface area (Å²) in [7, 11) is 3.22. The number of anilines is 1. The van der Waals surface area contributed by atoms with Gasteiger partial charge in [0.15, 0.2) is 11.5 Å². The van der Waals surface area contributed by atoms with Crippen LogP contribution in [-0.4, -0.2) is 35.1 Å². The van der Waals surface area contributed by atoms with Gasteiger partial charge >= 0.3 is 0 Å². The van der Waals surface area contributed by atoms with Gasteiger partial charge in [-0.2, -0.15) is 0 Å². The summed E-state index contributed by atoms with van der Waals surface area (Å²) in [5.74, 6) is 1.92. The second-order valence-corrected chi connectivity index (χ2v) is 9.60. The van der Waals surface area contributed by atoms with Crippen molar-refractivity contribution in [2.45, 2.75) is 39.4 Å². The number of nitrogens with two attached hydrogens (primary N) is 1. The van der Waals surface area contributed by atoms with Gasteiger partial charge in [-0.15, -0.1) is 0 Å². The third-order valence-electron chi connectivity index (χ3n) is 5.72. The normalized spacial score (nSPS) is 11.4. The summed E-state index contributed by atoms with van der Waals surface area (Å²) in [5, 5.41) is 6.55. The maximum Gasteiger partial charge on any atom is 0.251 e. The van der Waals surface area contributed by atoms with E-state index in [2.05, 4.69) is 31.4 Å². The number of hydrogen-bond acceptors (Lipinski definition) is 6. The second kappa shape index (κ2) is 10.3. The number of imidazole rings is 1. The number of nitrogens with zero attached hydrogens (tertiary/aromatic N) is 2. The number of methoxy groups -OCH3 is 2. The Balaban J connectivity index is 1.69. The van der Waals surface area contributed by atoms with Crippen LogP contribution in [0.1, 0.15) is 42.3 Å². The molecular formula is C28H33N5O3. The Morgan fingerprint density at radius 3 is 2.44 bits per heavy atom. The van der Waals surface area contributed by atoms with Crippen molar-refractivity contribution in [2.75, 3.05) is 19.5 Å². The monoisotopic (exact) mass is 487 g/mol. The Kier molecular flexibility index (Phi) is 7.17. The number of amides is 1. The molecule has 0 atom stereocenters. The van der Waals surface area contributed by atoms with Crippen molar-refractivity contribution >= 4 is 17.4 Å². The van der Waals surface area contributed by atoms with Crippen LogP contribution in [0.3, 0.4) is 0 Å². The quantitative estimate of drug-likeness (QED) is 0.335. The molecule has 0 fully saturated rings. The molecule has 0 aliphatic carbocycles. The van der Waals surface area contributed by atoms with Crippen molar-refractivity contribution in [3.05, 3.63) is 77.5 Å². The van der Waals surface area contributed by atoms with E-state index in [0.717, 1.165) is 28.2 Å². The van der Waals surface area contributed by atoms with Gasteiger partial charge in [0.1, 0.15) is 17.2 Å². The lowest BCUT2D eigenvalue weighted by atomic mass is 10.1. The SMILES string of the molecule is COc1ccc(-c2nc3cc(C(=O)NCc4cccc(CN)c4)ccn3c2NC(C)(C)C)cc1OC. The summed E-state index contributed by atoms with van der Waals surface area (Å²) >= 11 is 0. The van der Waals surface area contributed by atoms with Gasteiger partial charge in [0.05, 0.1) is 14.2 Å². The van der Waals surface area contributed by atoms with Crippen LogP contribution in [0.15, 0.2) is 60.8 Å². The summed E-state index contributed by atoms with van der Waals surface area (Å²) in [6.45, 7) is 7.15. The first-order valence-electron chi connectivity index (χ1n) is 11.8. The van der Waals surface area contributed by atoms with Crippen LogP contribution in [-0.2, 0) is 13.1 Å². The summed E-state index contributed by atoms with van der Waals surface area (Å²) in [5.41, 5.74) is 10.4. The highest BCUT2D eigenvalue weighted by Gasteiger charge is 2.21. The number of ether oxygens (including phenoxy) is 2. The summed E-state index contributed by atoms with van der Waals surface area (Å²) < 4.78 is 12.8. The first-order valence-corrected chi connectivity index (χ1v) is 11.8. The molecule has 4 N–H and O–H groups in total. The molecule has 8 heteroatoms. The first kappa shape index (κ1) is 25.1. The van der Waals surface area contributed by atoms with E-state index < -0.39 is 0 Å². The topological polar surface area (TPSA) is 103 Å². The molecule has 0 saturated heterocycles. The number of aromatic nitrogens is 2. The maximum absolute atomic E-state index is 12.9. The molecule has 36 heavy (non-hydrogen) atoms. The number of hydrogen-bond donors (Lipinski definition) is 3. The smallest absolute Gasteiger partial charge is 0.251 e. The molecule has 4 aromatic rings. The van der Waals surface area contributed by atoms with Crippen LogP contribution < -0.4 is 25.8 Å². The first-order chi connectivity index (χ1) is 17.2. The molecule has 4 rings (SSSR count). The molecule has 2 aromatic carbocycles. The predicted octanol–water partition coefficient (Wildman–Crippen LogP) is 4.62. The molecule has 8 nitrogen and oxygen atoms in total. The Labute approximate surface area is 211 Å². The van der Waals surface area contributed by atoms with Gasteiger partial charge in [-0.05, 0) is 62.2 Å². The van der Waals surface area contributed by atoms with E-state index in [1.807, 2.05) is 53.1 Å². The zero-order valence-electron chi connectivity index (χ0n) is 21.4. The fourth-order valence-corrected chi connectivity index (χ4v) is 4.00. The molecule has 0 aliphatic rings. The summed E-state index contributed by atoms with van der Waals surface area (Å²) in [6, 6.07) is 17.2. The number of rotatable bonds is 8. The highest BCUT2D eigenvalue weighted by molar-refractivity contribution is 5.95. The third-order valence-corrected chi connectivity index (χ3v) is 5.72. The standard InChI is InChI=1S/C28H33N5O3/c1-28(2,3)32-26-25(20-9-10-22(35-4)23(14-20)36-5)31-24-15-21(11-12-33(24)26)27(34)30-17-19-8-6-7-18(13-19)16-29/h6-15,32H,16-17,29H2,1-5H3,(H,30,34). The fourth-order valence-electron chi connectivity index (χ4n) is 4.00. The minimum atomic E-state index is -0.213. The van der Waals surface area contributed by atoms with Gasteiger partial charge in [-0.3, -0.25) is 9.20 Å². The van der Waals surface area contributed by atoms with E-state index in [1.54, 1.807) is 26.4 Å².